The summed E-state index contributed by atoms with van der Waals surface area (Å²) in [5, 5.41) is 0.0961. The molecule has 4 rings (SSSR count). The van der Waals surface area contributed by atoms with E-state index in [4.69, 9.17) is 0 Å². The van der Waals surface area contributed by atoms with E-state index in [9.17, 15) is 17.6 Å². The highest BCUT2D eigenvalue weighted by molar-refractivity contribution is 5.96. The average molecular weight is 386 g/mol. The van der Waals surface area contributed by atoms with E-state index in [1.165, 1.54) is 30.7 Å². The molecule has 0 saturated heterocycles. The number of fused-ring (bicyclic) bond motifs is 1. The lowest BCUT2D eigenvalue weighted by atomic mass is 9.95. The summed E-state index contributed by atoms with van der Waals surface area (Å²) in [5.41, 5.74) is -0.570. The molecule has 0 atom stereocenters. The quantitative estimate of drug-likeness (QED) is 0.380. The molecular formula is C21H11F5N2. The lowest BCUT2D eigenvalue weighted by Crippen LogP contribution is -2.08. The minimum atomic E-state index is -4.84. The summed E-state index contributed by atoms with van der Waals surface area (Å²) < 4.78 is 68.6. The minimum absolute atomic E-state index is 0.0961. The molecule has 0 aliphatic rings. The number of hydrogen-bond acceptors (Lipinski definition) is 2. The molecule has 0 aliphatic heterocycles. The Labute approximate surface area is 156 Å². The summed E-state index contributed by atoms with van der Waals surface area (Å²) in [7, 11) is 0. The van der Waals surface area contributed by atoms with E-state index in [0.717, 1.165) is 6.07 Å². The van der Waals surface area contributed by atoms with E-state index in [0.29, 0.717) is 17.2 Å². The van der Waals surface area contributed by atoms with Crippen molar-refractivity contribution in [2.45, 2.75) is 6.18 Å². The zero-order valence-corrected chi connectivity index (χ0v) is 14.1. The van der Waals surface area contributed by atoms with Crippen molar-refractivity contribution in [2.75, 3.05) is 0 Å². The predicted octanol–water partition coefficient (Wildman–Crippen LogP) is 6.26. The van der Waals surface area contributed by atoms with E-state index in [1.807, 2.05) is 0 Å². The number of aromatic nitrogens is 2. The Kier molecular flexibility index (Phi) is 4.30. The van der Waals surface area contributed by atoms with Gasteiger partial charge >= 0.3 is 6.18 Å². The molecule has 2 nitrogen and oxygen atoms in total. The van der Waals surface area contributed by atoms with Gasteiger partial charge in [-0.2, -0.15) is 13.2 Å². The van der Waals surface area contributed by atoms with Crippen molar-refractivity contribution in [3.05, 3.63) is 84.3 Å². The largest absolute Gasteiger partial charge is 0.419 e. The summed E-state index contributed by atoms with van der Waals surface area (Å²) in [6, 6.07) is 11.2. The van der Waals surface area contributed by atoms with E-state index in [1.54, 1.807) is 24.3 Å². The van der Waals surface area contributed by atoms with Gasteiger partial charge < -0.3 is 0 Å². The van der Waals surface area contributed by atoms with Gasteiger partial charge in [-0.05, 0) is 35.4 Å². The van der Waals surface area contributed by atoms with Gasteiger partial charge in [0.15, 0.2) is 5.82 Å². The van der Waals surface area contributed by atoms with Gasteiger partial charge in [-0.15, -0.1) is 0 Å². The lowest BCUT2D eigenvalue weighted by Gasteiger charge is -2.13. The second kappa shape index (κ2) is 6.67. The fourth-order valence-electron chi connectivity index (χ4n) is 3.13. The Morgan fingerprint density at radius 1 is 0.679 bits per heavy atom. The average Bonchev–Trinajstić information content (AvgIpc) is 2.68. The fourth-order valence-corrected chi connectivity index (χ4v) is 3.13. The normalized spacial score (nSPS) is 11.8. The molecule has 7 heteroatoms. The van der Waals surface area contributed by atoms with Crippen LogP contribution in [0.3, 0.4) is 0 Å². The van der Waals surface area contributed by atoms with Crippen molar-refractivity contribution in [3.8, 4) is 22.3 Å². The number of nitrogens with zero attached hydrogens (tertiary/aromatic N) is 2. The molecule has 4 aromatic rings. The highest BCUT2D eigenvalue weighted by atomic mass is 19.4. The minimum Gasteiger partial charge on any atom is -0.265 e. The molecule has 140 valence electrons. The summed E-state index contributed by atoms with van der Waals surface area (Å²) in [5.74, 6) is -2.04. The van der Waals surface area contributed by atoms with E-state index >= 15 is 4.39 Å². The number of rotatable bonds is 2. The molecule has 0 radical (unpaired) electrons. The zero-order chi connectivity index (χ0) is 19.9. The van der Waals surface area contributed by atoms with Crippen LogP contribution in [0.1, 0.15) is 5.56 Å². The molecule has 2 heterocycles. The van der Waals surface area contributed by atoms with Gasteiger partial charge in [0.2, 0.25) is 0 Å². The summed E-state index contributed by atoms with van der Waals surface area (Å²) in [4.78, 5) is 7.64. The Morgan fingerprint density at radius 3 is 2.11 bits per heavy atom. The van der Waals surface area contributed by atoms with Crippen molar-refractivity contribution in [2.24, 2.45) is 0 Å². The summed E-state index contributed by atoms with van der Waals surface area (Å²) in [6.07, 6.45) is -0.628. The van der Waals surface area contributed by atoms with Gasteiger partial charge in [0.25, 0.3) is 0 Å². The van der Waals surface area contributed by atoms with Crippen molar-refractivity contribution < 1.29 is 22.0 Å². The maximum absolute atomic E-state index is 15.2. The SMILES string of the molecule is Fc1c(-c2ccncc2)cccc1-c1ccnc2c(F)c(C(F)(F)F)ccc12. The van der Waals surface area contributed by atoms with Crippen LogP contribution < -0.4 is 0 Å². The smallest absolute Gasteiger partial charge is 0.265 e. The molecule has 0 saturated carbocycles. The fraction of sp³-hybridized carbons (Fsp3) is 0.0476. The van der Waals surface area contributed by atoms with E-state index in [-0.39, 0.29) is 16.5 Å². The number of pyridine rings is 2. The molecule has 0 unspecified atom stereocenters. The third-order valence-electron chi connectivity index (χ3n) is 4.44. The van der Waals surface area contributed by atoms with Crippen molar-refractivity contribution in [1.29, 1.82) is 0 Å². The molecule has 0 bridgehead atoms. The molecule has 0 amide bonds. The molecule has 0 aliphatic carbocycles. The van der Waals surface area contributed by atoms with Crippen LogP contribution in [-0.2, 0) is 6.18 Å². The van der Waals surface area contributed by atoms with Crippen LogP contribution in [-0.4, -0.2) is 9.97 Å². The maximum atomic E-state index is 15.2. The van der Waals surface area contributed by atoms with Crippen LogP contribution in [0.4, 0.5) is 22.0 Å². The molecule has 2 aromatic heterocycles. The van der Waals surface area contributed by atoms with Gasteiger partial charge in [-0.25, -0.2) is 8.78 Å². The molecule has 2 aromatic carbocycles. The molecule has 0 fully saturated rings. The van der Waals surface area contributed by atoms with Gasteiger partial charge in [-0.3, -0.25) is 9.97 Å². The molecule has 28 heavy (non-hydrogen) atoms. The first-order chi connectivity index (χ1) is 13.4. The summed E-state index contributed by atoms with van der Waals surface area (Å²) >= 11 is 0. The Morgan fingerprint density at radius 2 is 1.39 bits per heavy atom. The van der Waals surface area contributed by atoms with Gasteiger partial charge in [0.05, 0.1) is 5.56 Å². The topological polar surface area (TPSA) is 25.8 Å². The second-order valence-electron chi connectivity index (χ2n) is 6.08. The predicted molar refractivity (Wildman–Crippen MR) is 95.3 cm³/mol. The highest BCUT2D eigenvalue weighted by Gasteiger charge is 2.35. The van der Waals surface area contributed by atoms with E-state index < -0.39 is 28.9 Å². The van der Waals surface area contributed by atoms with Crippen molar-refractivity contribution in [1.82, 2.24) is 9.97 Å². The number of alkyl halides is 3. The van der Waals surface area contributed by atoms with Crippen molar-refractivity contribution in [3.63, 3.8) is 0 Å². The molecule has 0 N–H and O–H groups in total. The maximum Gasteiger partial charge on any atom is 0.419 e. The van der Waals surface area contributed by atoms with E-state index in [2.05, 4.69) is 9.97 Å². The van der Waals surface area contributed by atoms with Crippen molar-refractivity contribution >= 4 is 10.9 Å². The van der Waals surface area contributed by atoms with Crippen LogP contribution in [0.25, 0.3) is 33.2 Å². The van der Waals surface area contributed by atoms with Gasteiger partial charge in [-0.1, -0.05) is 24.3 Å². The second-order valence-corrected chi connectivity index (χ2v) is 6.08. The van der Waals surface area contributed by atoms with Gasteiger partial charge in [0, 0.05) is 35.1 Å². The third kappa shape index (κ3) is 2.98. The number of benzene rings is 2. The number of halogens is 5. The Balaban J connectivity index is 1.95. The first-order valence-corrected chi connectivity index (χ1v) is 8.21. The lowest BCUT2D eigenvalue weighted by molar-refractivity contribution is -0.139. The first kappa shape index (κ1) is 18.0. The van der Waals surface area contributed by atoms with Crippen LogP contribution in [0, 0.1) is 11.6 Å². The molecular weight excluding hydrogens is 375 g/mol. The Bertz CT molecular complexity index is 1170. The van der Waals surface area contributed by atoms with Crippen LogP contribution in [0.2, 0.25) is 0 Å². The van der Waals surface area contributed by atoms with Crippen LogP contribution in [0.5, 0.6) is 0 Å². The zero-order valence-electron chi connectivity index (χ0n) is 14.1. The highest BCUT2D eigenvalue weighted by Crippen LogP contribution is 2.38. The summed E-state index contributed by atoms with van der Waals surface area (Å²) in [6.45, 7) is 0. The Hall–Kier alpha value is -3.35. The first-order valence-electron chi connectivity index (χ1n) is 8.21. The number of hydrogen-bond donors (Lipinski definition) is 0. The monoisotopic (exact) mass is 386 g/mol. The van der Waals surface area contributed by atoms with Crippen LogP contribution in [0.15, 0.2) is 67.1 Å². The standard InChI is InChI=1S/C21H11F5N2/c22-18-13(12-6-9-27-10-7-12)2-1-3-15(18)14-8-11-28-20-16(14)4-5-17(19(20)23)21(24,25)26/h1-11H. The molecule has 0 spiro atoms. The third-order valence-corrected chi connectivity index (χ3v) is 4.44. The van der Waals surface area contributed by atoms with Crippen LogP contribution >= 0.6 is 0 Å². The van der Waals surface area contributed by atoms with Gasteiger partial charge in [0.1, 0.15) is 11.3 Å².